The van der Waals surface area contributed by atoms with Crippen LogP contribution in [-0.2, 0) is 9.59 Å². The van der Waals surface area contributed by atoms with Crippen molar-refractivity contribution in [3.8, 4) is 0 Å². The highest BCUT2D eigenvalue weighted by Crippen LogP contribution is 2.71. The SMILES string of the molecule is C[C@]12C=CC(=O)C=C1CC[C@@H]1[C@@H]2[C@@H](O)C[C@@]2(C)[C@H]1C[C@H]1CNC[C@]12C(=O)CO.Cl. The van der Waals surface area contributed by atoms with Gasteiger partial charge in [0.05, 0.1) is 11.5 Å². The van der Waals surface area contributed by atoms with Crippen molar-refractivity contribution in [1.82, 2.24) is 5.32 Å². The van der Waals surface area contributed by atoms with Crippen LogP contribution in [0.1, 0.15) is 39.5 Å². The van der Waals surface area contributed by atoms with E-state index in [1.165, 1.54) is 0 Å². The van der Waals surface area contributed by atoms with Crippen LogP contribution in [0, 0.1) is 39.9 Å². The van der Waals surface area contributed by atoms with E-state index in [-0.39, 0.29) is 46.6 Å². The van der Waals surface area contributed by atoms with Gasteiger partial charge in [0.1, 0.15) is 6.61 Å². The first-order chi connectivity index (χ1) is 13.3. The number of aliphatic hydroxyl groups excluding tert-OH is 2. The molecule has 0 aromatic heterocycles. The van der Waals surface area contributed by atoms with Crippen molar-refractivity contribution in [3.63, 3.8) is 0 Å². The highest BCUT2D eigenvalue weighted by molar-refractivity contribution is 6.01. The van der Waals surface area contributed by atoms with Gasteiger partial charge in [0, 0.05) is 17.9 Å². The number of allylic oxidation sites excluding steroid dienone is 4. The molecule has 0 unspecified atom stereocenters. The van der Waals surface area contributed by atoms with Gasteiger partial charge in [0.15, 0.2) is 11.6 Å². The van der Waals surface area contributed by atoms with Crippen molar-refractivity contribution in [1.29, 1.82) is 0 Å². The smallest absolute Gasteiger partial charge is 0.178 e. The van der Waals surface area contributed by atoms with Gasteiger partial charge in [-0.3, -0.25) is 9.59 Å². The minimum atomic E-state index is -0.562. The Labute approximate surface area is 178 Å². The van der Waals surface area contributed by atoms with E-state index in [0.29, 0.717) is 24.8 Å². The summed E-state index contributed by atoms with van der Waals surface area (Å²) in [6.07, 6.45) is 8.39. The van der Waals surface area contributed by atoms with Crippen LogP contribution >= 0.6 is 12.4 Å². The van der Waals surface area contributed by atoms with Gasteiger partial charge in [-0.25, -0.2) is 0 Å². The van der Waals surface area contributed by atoms with Gasteiger partial charge in [0.2, 0.25) is 0 Å². The molecule has 0 spiro atoms. The van der Waals surface area contributed by atoms with Gasteiger partial charge < -0.3 is 15.5 Å². The first kappa shape index (κ1) is 21.2. The Morgan fingerprint density at radius 2 is 2.10 bits per heavy atom. The van der Waals surface area contributed by atoms with Crippen LogP contribution in [0.2, 0.25) is 0 Å². The predicted molar refractivity (Wildman–Crippen MR) is 112 cm³/mol. The summed E-state index contributed by atoms with van der Waals surface area (Å²) in [5.41, 5.74) is 0.0212. The Bertz CT molecular complexity index is 809. The summed E-state index contributed by atoms with van der Waals surface area (Å²) in [7, 11) is 0. The molecule has 0 amide bonds. The zero-order valence-electron chi connectivity index (χ0n) is 17.2. The van der Waals surface area contributed by atoms with E-state index in [1.54, 1.807) is 12.2 Å². The highest BCUT2D eigenvalue weighted by atomic mass is 35.5. The monoisotopic (exact) mass is 421 g/mol. The fraction of sp³-hybridized carbons (Fsp3) is 0.739. The molecular weight excluding hydrogens is 390 g/mol. The topological polar surface area (TPSA) is 86.6 Å². The lowest BCUT2D eigenvalue weighted by atomic mass is 9.44. The molecule has 0 radical (unpaired) electrons. The van der Waals surface area contributed by atoms with Crippen molar-refractivity contribution in [2.75, 3.05) is 19.7 Å². The fourth-order valence-electron chi connectivity index (χ4n) is 8.43. The van der Waals surface area contributed by atoms with Crippen molar-refractivity contribution >= 4 is 24.0 Å². The number of hydrogen-bond acceptors (Lipinski definition) is 5. The van der Waals surface area contributed by atoms with Crippen LogP contribution in [-0.4, -0.2) is 47.6 Å². The number of hydrogen-bond donors (Lipinski definition) is 3. The summed E-state index contributed by atoms with van der Waals surface area (Å²) in [5.74, 6) is 1.03. The van der Waals surface area contributed by atoms with Crippen molar-refractivity contribution in [2.24, 2.45) is 39.9 Å². The van der Waals surface area contributed by atoms with Gasteiger partial charge in [-0.15, -0.1) is 12.4 Å². The summed E-state index contributed by atoms with van der Waals surface area (Å²) in [4.78, 5) is 25.0. The summed E-state index contributed by atoms with van der Waals surface area (Å²) >= 11 is 0. The van der Waals surface area contributed by atoms with Crippen LogP contribution in [0.3, 0.4) is 0 Å². The number of aliphatic hydroxyl groups is 2. The maximum Gasteiger partial charge on any atom is 0.178 e. The average molecular weight is 422 g/mol. The molecule has 6 heteroatoms. The van der Waals surface area contributed by atoms with Crippen LogP contribution in [0.4, 0.5) is 0 Å². The van der Waals surface area contributed by atoms with Crippen LogP contribution in [0.5, 0.6) is 0 Å². The molecule has 1 aliphatic heterocycles. The minimum absolute atomic E-state index is 0. The van der Waals surface area contributed by atoms with E-state index >= 15 is 0 Å². The lowest BCUT2D eigenvalue weighted by molar-refractivity contribution is -0.157. The van der Waals surface area contributed by atoms with E-state index in [9.17, 15) is 19.8 Å². The molecule has 1 heterocycles. The summed E-state index contributed by atoms with van der Waals surface area (Å²) < 4.78 is 0. The molecule has 3 N–H and O–H groups in total. The Morgan fingerprint density at radius 1 is 1.34 bits per heavy atom. The van der Waals surface area contributed by atoms with E-state index in [0.717, 1.165) is 31.4 Å². The second-order valence-electron chi connectivity index (χ2n) is 10.3. The molecule has 5 aliphatic rings. The molecule has 1 saturated heterocycles. The molecule has 3 saturated carbocycles. The number of carbonyl (C=O) groups excluding carboxylic acids is 2. The second kappa shape index (κ2) is 6.74. The van der Waals surface area contributed by atoms with E-state index in [2.05, 4.69) is 19.2 Å². The Balaban J connectivity index is 0.00000205. The molecule has 0 aromatic rings. The van der Waals surface area contributed by atoms with Crippen LogP contribution in [0.25, 0.3) is 0 Å². The van der Waals surface area contributed by atoms with E-state index in [1.807, 2.05) is 6.08 Å². The lowest BCUT2D eigenvalue weighted by Gasteiger charge is -2.60. The number of nitrogens with one attached hydrogen (secondary N) is 1. The highest BCUT2D eigenvalue weighted by Gasteiger charge is 2.72. The second-order valence-corrected chi connectivity index (χ2v) is 10.3. The first-order valence-electron chi connectivity index (χ1n) is 10.7. The molecule has 160 valence electrons. The molecule has 0 bridgehead atoms. The van der Waals surface area contributed by atoms with Crippen molar-refractivity contribution in [2.45, 2.75) is 45.6 Å². The third-order valence-corrected chi connectivity index (χ3v) is 9.58. The molecule has 4 aliphatic carbocycles. The zero-order chi connectivity index (χ0) is 19.9. The quantitative estimate of drug-likeness (QED) is 0.635. The normalized spacial score (nSPS) is 50.0. The first-order valence-corrected chi connectivity index (χ1v) is 10.7. The number of carbonyl (C=O) groups is 2. The summed E-state index contributed by atoms with van der Waals surface area (Å²) in [6.45, 7) is 5.40. The molecule has 8 atom stereocenters. The number of fused-ring (bicyclic) bond motifs is 7. The van der Waals surface area contributed by atoms with Gasteiger partial charge in [-0.2, -0.15) is 0 Å². The van der Waals surface area contributed by atoms with E-state index in [4.69, 9.17) is 0 Å². The Morgan fingerprint density at radius 3 is 2.83 bits per heavy atom. The summed E-state index contributed by atoms with van der Waals surface area (Å²) in [6, 6.07) is 0. The van der Waals surface area contributed by atoms with E-state index < -0.39 is 18.1 Å². The molecular formula is C23H32ClNO4. The van der Waals surface area contributed by atoms with Gasteiger partial charge in [-0.05, 0) is 67.5 Å². The standard InChI is InChI=1S/C23H31NO4.ClH/c1-21-6-5-15(26)7-13(21)3-4-16-17-8-14-10-24-12-23(14,19(28)11-25)22(17,2)9-18(27)20(16)21;/h5-7,14,16-18,20,24-25,27H,3-4,8-12H2,1-2H3;1H/t14-,16-,17-,18-,20+,21-,22-,23+;/m0./s1. The van der Waals surface area contributed by atoms with Gasteiger partial charge in [-0.1, -0.05) is 25.5 Å². The maximum atomic E-state index is 13.0. The third-order valence-electron chi connectivity index (χ3n) is 9.58. The number of halogens is 1. The molecule has 29 heavy (non-hydrogen) atoms. The molecule has 5 rings (SSSR count). The van der Waals surface area contributed by atoms with Crippen molar-refractivity contribution in [3.05, 3.63) is 23.8 Å². The molecule has 5 nitrogen and oxygen atoms in total. The Hall–Kier alpha value is -1.01. The largest absolute Gasteiger partial charge is 0.393 e. The van der Waals surface area contributed by atoms with Crippen LogP contribution < -0.4 is 5.32 Å². The molecule has 4 fully saturated rings. The predicted octanol–water partition coefficient (Wildman–Crippen LogP) is 2.06. The third kappa shape index (κ3) is 2.45. The number of Topliss-reactive ketones (excluding diaryl/α,β-unsaturated/α-hetero) is 1. The average Bonchev–Trinajstić information content (AvgIpc) is 3.18. The fourth-order valence-corrected chi connectivity index (χ4v) is 8.43. The minimum Gasteiger partial charge on any atom is -0.393 e. The van der Waals surface area contributed by atoms with Crippen molar-refractivity contribution < 1.29 is 19.8 Å². The van der Waals surface area contributed by atoms with Gasteiger partial charge >= 0.3 is 0 Å². The number of rotatable bonds is 2. The van der Waals surface area contributed by atoms with Gasteiger partial charge in [0.25, 0.3) is 0 Å². The Kier molecular flexibility index (Phi) is 4.94. The molecule has 0 aromatic carbocycles. The summed E-state index contributed by atoms with van der Waals surface area (Å²) in [5, 5.41) is 24.6. The maximum absolute atomic E-state index is 13.0. The zero-order valence-corrected chi connectivity index (χ0v) is 18.0. The number of ketones is 2. The van der Waals surface area contributed by atoms with Crippen LogP contribution in [0.15, 0.2) is 23.8 Å². The lowest BCUT2D eigenvalue weighted by Crippen LogP contribution is -2.60.